The zero-order valence-corrected chi connectivity index (χ0v) is 11.0. The molecule has 1 fully saturated rings. The summed E-state index contributed by atoms with van der Waals surface area (Å²) in [7, 11) is 0. The fourth-order valence-electron chi connectivity index (χ4n) is 1.85. The smallest absolute Gasteiger partial charge is 0.243 e. The summed E-state index contributed by atoms with van der Waals surface area (Å²) >= 11 is 0.993. The van der Waals surface area contributed by atoms with Gasteiger partial charge in [-0.15, -0.1) is 0 Å². The van der Waals surface area contributed by atoms with E-state index in [1.54, 1.807) is 6.92 Å². The first-order valence-corrected chi connectivity index (χ1v) is 6.59. The highest BCUT2D eigenvalue weighted by atomic mass is 32.2. The number of rotatable bonds is 4. The molecule has 0 saturated carbocycles. The van der Waals surface area contributed by atoms with Crippen LogP contribution >= 0.6 is 11.8 Å². The number of thioether (sulfide) groups is 1. The van der Waals surface area contributed by atoms with Crippen molar-refractivity contribution >= 4 is 29.5 Å². The van der Waals surface area contributed by atoms with Crippen molar-refractivity contribution in [2.75, 3.05) is 6.54 Å². The Morgan fingerprint density at radius 3 is 2.89 bits per heavy atom. The van der Waals surface area contributed by atoms with E-state index in [2.05, 4.69) is 4.98 Å². The van der Waals surface area contributed by atoms with Crippen molar-refractivity contribution in [2.45, 2.75) is 23.6 Å². The van der Waals surface area contributed by atoms with Crippen molar-refractivity contribution < 1.29 is 19.5 Å². The SMILES string of the molecule is CCN1C(=O)CC(Sc2ncccc2C(=O)[O-])C1=O. The third kappa shape index (κ3) is 2.60. The minimum absolute atomic E-state index is 0.0669. The molecule has 1 aliphatic heterocycles. The summed E-state index contributed by atoms with van der Waals surface area (Å²) in [6, 6.07) is 2.85. The maximum Gasteiger partial charge on any atom is 0.243 e. The Labute approximate surface area is 113 Å². The number of imide groups is 1. The van der Waals surface area contributed by atoms with Gasteiger partial charge in [0.15, 0.2) is 0 Å². The summed E-state index contributed by atoms with van der Waals surface area (Å²) in [6.07, 6.45) is 1.51. The summed E-state index contributed by atoms with van der Waals surface area (Å²) in [5.74, 6) is -1.89. The van der Waals surface area contributed by atoms with Crippen molar-refractivity contribution in [2.24, 2.45) is 0 Å². The Morgan fingerprint density at radius 1 is 1.58 bits per heavy atom. The van der Waals surface area contributed by atoms with Gasteiger partial charge in [-0.05, 0) is 19.1 Å². The molecular weight excluding hydrogens is 268 g/mol. The molecule has 7 heteroatoms. The van der Waals surface area contributed by atoms with Crippen molar-refractivity contribution in [3.8, 4) is 0 Å². The Morgan fingerprint density at radius 2 is 2.32 bits per heavy atom. The second kappa shape index (κ2) is 5.40. The molecule has 6 nitrogen and oxygen atoms in total. The van der Waals surface area contributed by atoms with E-state index in [1.165, 1.54) is 23.2 Å². The third-order valence-corrected chi connectivity index (χ3v) is 3.97. The molecule has 0 N–H and O–H groups in total. The second-order valence-electron chi connectivity index (χ2n) is 3.93. The molecule has 1 aromatic heterocycles. The molecular formula is C12H11N2O4S-. The van der Waals surface area contributed by atoms with Crippen molar-refractivity contribution in [3.63, 3.8) is 0 Å². The summed E-state index contributed by atoms with van der Waals surface area (Å²) in [5.41, 5.74) is -0.0669. The van der Waals surface area contributed by atoms with E-state index in [0.29, 0.717) is 6.54 Å². The van der Waals surface area contributed by atoms with E-state index in [4.69, 9.17) is 0 Å². The lowest BCUT2D eigenvalue weighted by atomic mass is 10.3. The first-order chi connectivity index (χ1) is 9.04. The van der Waals surface area contributed by atoms with Crippen LogP contribution in [0.5, 0.6) is 0 Å². The molecule has 2 amide bonds. The summed E-state index contributed by atoms with van der Waals surface area (Å²) in [4.78, 5) is 39.5. The standard InChI is InChI=1S/C12H12N2O4S/c1-2-14-9(15)6-8(11(14)16)19-10-7(12(17)18)4-3-5-13-10/h3-5,8H,2,6H2,1H3,(H,17,18)/p-1. The third-order valence-electron chi connectivity index (χ3n) is 2.76. The molecule has 0 radical (unpaired) electrons. The van der Waals surface area contributed by atoms with E-state index in [1.807, 2.05) is 0 Å². The van der Waals surface area contributed by atoms with Gasteiger partial charge in [0.05, 0.1) is 11.2 Å². The average Bonchev–Trinajstić information content (AvgIpc) is 2.64. The second-order valence-corrected chi connectivity index (χ2v) is 5.12. The molecule has 0 aromatic carbocycles. The molecule has 19 heavy (non-hydrogen) atoms. The van der Waals surface area contributed by atoms with Crippen LogP contribution in [0.15, 0.2) is 23.4 Å². The maximum absolute atomic E-state index is 11.9. The highest BCUT2D eigenvalue weighted by molar-refractivity contribution is 8.00. The van der Waals surface area contributed by atoms with Gasteiger partial charge < -0.3 is 9.90 Å². The van der Waals surface area contributed by atoms with Crippen LogP contribution < -0.4 is 5.11 Å². The minimum atomic E-state index is -1.35. The zero-order valence-electron chi connectivity index (χ0n) is 10.2. The number of likely N-dealkylation sites (tertiary alicyclic amines) is 1. The molecule has 100 valence electrons. The number of carboxylic acid groups (broad SMARTS) is 1. The van der Waals surface area contributed by atoms with Gasteiger partial charge in [0, 0.05) is 24.7 Å². The lowest BCUT2D eigenvalue weighted by molar-refractivity contribution is -0.255. The molecule has 1 aliphatic rings. The number of carboxylic acids is 1. The van der Waals surface area contributed by atoms with E-state index in [0.717, 1.165) is 11.8 Å². The number of carbonyl (C=O) groups excluding carboxylic acids is 3. The van der Waals surface area contributed by atoms with E-state index >= 15 is 0 Å². The van der Waals surface area contributed by atoms with Gasteiger partial charge in [0.25, 0.3) is 0 Å². The first-order valence-electron chi connectivity index (χ1n) is 5.71. The van der Waals surface area contributed by atoms with Gasteiger partial charge in [0.1, 0.15) is 5.03 Å². The quantitative estimate of drug-likeness (QED) is 0.702. The number of pyridine rings is 1. The van der Waals surface area contributed by atoms with Gasteiger partial charge in [-0.3, -0.25) is 14.5 Å². The van der Waals surface area contributed by atoms with Gasteiger partial charge in [0.2, 0.25) is 11.8 Å². The molecule has 1 saturated heterocycles. The van der Waals surface area contributed by atoms with Crippen molar-refractivity contribution in [1.29, 1.82) is 0 Å². The Balaban J connectivity index is 2.21. The molecule has 1 atom stereocenters. The monoisotopic (exact) mass is 279 g/mol. The predicted octanol–water partition coefficient (Wildman–Crippen LogP) is -0.315. The molecule has 2 rings (SSSR count). The van der Waals surface area contributed by atoms with Gasteiger partial charge >= 0.3 is 0 Å². The highest BCUT2D eigenvalue weighted by Gasteiger charge is 2.38. The molecule has 0 spiro atoms. The minimum Gasteiger partial charge on any atom is -0.545 e. The topological polar surface area (TPSA) is 90.4 Å². The molecule has 0 aliphatic carbocycles. The Kier molecular flexibility index (Phi) is 3.84. The number of hydrogen-bond acceptors (Lipinski definition) is 6. The number of hydrogen-bond donors (Lipinski definition) is 0. The van der Waals surface area contributed by atoms with E-state index in [9.17, 15) is 19.5 Å². The summed E-state index contributed by atoms with van der Waals surface area (Å²) in [5, 5.41) is 10.5. The van der Waals surface area contributed by atoms with E-state index in [-0.39, 0.29) is 28.8 Å². The number of carbonyl (C=O) groups is 3. The van der Waals surface area contributed by atoms with Crippen LogP contribution in [0.3, 0.4) is 0 Å². The largest absolute Gasteiger partial charge is 0.545 e. The van der Waals surface area contributed by atoms with Crippen molar-refractivity contribution in [3.05, 3.63) is 23.9 Å². The molecule has 1 unspecified atom stereocenters. The number of nitrogens with zero attached hydrogens (tertiary/aromatic N) is 2. The fourth-order valence-corrected chi connectivity index (χ4v) is 2.98. The van der Waals surface area contributed by atoms with Gasteiger partial charge in [-0.2, -0.15) is 0 Å². The molecule has 2 heterocycles. The Hall–Kier alpha value is -1.89. The summed E-state index contributed by atoms with van der Waals surface area (Å²) in [6.45, 7) is 2.04. The van der Waals surface area contributed by atoms with E-state index < -0.39 is 11.2 Å². The predicted molar refractivity (Wildman–Crippen MR) is 65.2 cm³/mol. The number of amides is 2. The lowest BCUT2D eigenvalue weighted by Gasteiger charge is -2.13. The van der Waals surface area contributed by atoms with Crippen LogP contribution in [0.4, 0.5) is 0 Å². The average molecular weight is 279 g/mol. The highest BCUT2D eigenvalue weighted by Crippen LogP contribution is 2.31. The van der Waals surface area contributed by atoms with Gasteiger partial charge in [-0.25, -0.2) is 4.98 Å². The van der Waals surface area contributed by atoms with Crippen LogP contribution in [0.1, 0.15) is 23.7 Å². The first kappa shape index (κ1) is 13.5. The lowest BCUT2D eigenvalue weighted by Crippen LogP contribution is -2.31. The van der Waals surface area contributed by atoms with Crippen LogP contribution in [-0.2, 0) is 9.59 Å². The molecule has 1 aromatic rings. The molecule has 0 bridgehead atoms. The Bertz CT molecular complexity index is 546. The maximum atomic E-state index is 11.9. The van der Waals surface area contributed by atoms with Crippen LogP contribution in [0, 0.1) is 0 Å². The van der Waals surface area contributed by atoms with Crippen LogP contribution in [0.25, 0.3) is 0 Å². The zero-order chi connectivity index (χ0) is 14.0. The van der Waals surface area contributed by atoms with Crippen molar-refractivity contribution in [1.82, 2.24) is 9.88 Å². The normalized spacial score (nSPS) is 19.0. The summed E-state index contributed by atoms with van der Waals surface area (Å²) < 4.78 is 0. The number of aromatic nitrogens is 1. The van der Waals surface area contributed by atoms with Gasteiger partial charge in [-0.1, -0.05) is 11.8 Å². The number of aromatic carboxylic acids is 1. The fraction of sp³-hybridized carbons (Fsp3) is 0.333. The van der Waals surface area contributed by atoms with Crippen LogP contribution in [-0.4, -0.2) is 39.5 Å². The van der Waals surface area contributed by atoms with Crippen LogP contribution in [0.2, 0.25) is 0 Å².